The molecule has 2 aromatic rings. The Morgan fingerprint density at radius 2 is 2.17 bits per heavy atom. The summed E-state index contributed by atoms with van der Waals surface area (Å²) in [6, 6.07) is 7.23. The molecule has 0 aliphatic carbocycles. The largest absolute Gasteiger partial charge is 0.493 e. The maximum Gasteiger partial charge on any atom is 0.267 e. The number of ether oxygens (including phenoxy) is 2. The van der Waals surface area contributed by atoms with Gasteiger partial charge in [-0.3, -0.25) is 10.1 Å². The summed E-state index contributed by atoms with van der Waals surface area (Å²) in [5, 5.41) is 11.2. The minimum Gasteiger partial charge on any atom is -0.493 e. The molecule has 2 rings (SSSR count). The average Bonchev–Trinajstić information content (AvgIpc) is 3.05. The van der Waals surface area contributed by atoms with E-state index in [1.807, 2.05) is 19.1 Å². The number of aromatic nitrogens is 2. The molecule has 0 aliphatic rings. The smallest absolute Gasteiger partial charge is 0.267 e. The Balaban J connectivity index is 2.00. The molecule has 0 saturated heterocycles. The van der Waals surface area contributed by atoms with E-state index >= 15 is 0 Å². The van der Waals surface area contributed by atoms with Crippen LogP contribution in [0.1, 0.15) is 13.3 Å². The van der Waals surface area contributed by atoms with E-state index in [0.29, 0.717) is 23.1 Å². The van der Waals surface area contributed by atoms with Crippen LogP contribution in [0.25, 0.3) is 0 Å². The lowest BCUT2D eigenvalue weighted by Gasteiger charge is -2.17. The van der Waals surface area contributed by atoms with Crippen molar-refractivity contribution in [3.8, 4) is 11.5 Å². The van der Waals surface area contributed by atoms with Crippen molar-refractivity contribution in [2.45, 2.75) is 23.8 Å². The molecule has 0 spiro atoms. The summed E-state index contributed by atoms with van der Waals surface area (Å²) in [5.74, 6) is 1.60. The zero-order chi connectivity index (χ0) is 17.4. The lowest BCUT2D eigenvalue weighted by molar-refractivity contribution is -0.122. The molecule has 8 heteroatoms. The summed E-state index contributed by atoms with van der Waals surface area (Å²) in [6.45, 7) is 5.54. The molecule has 0 bridgehead atoms. The number of thioether (sulfide) groups is 1. The Labute approximate surface area is 149 Å². The summed E-state index contributed by atoms with van der Waals surface area (Å²) in [4.78, 5) is 12.4. The number of nitrogens with zero attached hydrogens (tertiary/aromatic N) is 2. The Kier molecular flexibility index (Phi) is 7.07. The van der Waals surface area contributed by atoms with Gasteiger partial charge in [0.1, 0.15) is 0 Å². The van der Waals surface area contributed by atoms with Gasteiger partial charge in [-0.15, -0.1) is 16.8 Å². The van der Waals surface area contributed by atoms with Gasteiger partial charge in [-0.05, 0) is 18.6 Å². The number of hydrogen-bond donors (Lipinski definition) is 1. The van der Waals surface area contributed by atoms with Gasteiger partial charge in [0.15, 0.2) is 21.9 Å². The van der Waals surface area contributed by atoms with Crippen LogP contribution in [0.5, 0.6) is 11.5 Å². The van der Waals surface area contributed by atoms with Crippen molar-refractivity contribution >= 4 is 34.1 Å². The number of para-hydroxylation sites is 2. The Hall–Kier alpha value is -2.06. The first kappa shape index (κ1) is 18.3. The van der Waals surface area contributed by atoms with Crippen molar-refractivity contribution in [2.24, 2.45) is 0 Å². The molecular formula is C16H19N3O3S2. The van der Waals surface area contributed by atoms with Crippen molar-refractivity contribution < 1.29 is 14.3 Å². The van der Waals surface area contributed by atoms with Gasteiger partial charge < -0.3 is 9.47 Å². The van der Waals surface area contributed by atoms with Gasteiger partial charge in [0.25, 0.3) is 5.91 Å². The van der Waals surface area contributed by atoms with Crippen LogP contribution < -0.4 is 14.8 Å². The fourth-order valence-electron chi connectivity index (χ4n) is 1.83. The predicted molar refractivity (Wildman–Crippen MR) is 97.2 cm³/mol. The van der Waals surface area contributed by atoms with Crippen LogP contribution in [0.2, 0.25) is 0 Å². The van der Waals surface area contributed by atoms with E-state index < -0.39 is 6.10 Å². The maximum absolute atomic E-state index is 12.4. The highest BCUT2D eigenvalue weighted by atomic mass is 32.2. The molecule has 0 radical (unpaired) electrons. The van der Waals surface area contributed by atoms with Crippen molar-refractivity contribution in [1.82, 2.24) is 10.2 Å². The fraction of sp³-hybridized carbons (Fsp3) is 0.312. The topological polar surface area (TPSA) is 73.3 Å². The van der Waals surface area contributed by atoms with Gasteiger partial charge in [-0.2, -0.15) is 0 Å². The molecule has 1 aromatic carbocycles. The SMILES string of the molecule is C=CCSc1nnc(NC(=O)C(CC)Oc2ccccc2OC)s1. The molecule has 1 unspecified atom stereocenters. The van der Waals surface area contributed by atoms with E-state index in [2.05, 4.69) is 22.1 Å². The number of carbonyl (C=O) groups excluding carboxylic acids is 1. The van der Waals surface area contributed by atoms with E-state index in [1.165, 1.54) is 23.1 Å². The lowest BCUT2D eigenvalue weighted by atomic mass is 10.2. The second kappa shape index (κ2) is 9.29. The predicted octanol–water partition coefficient (Wildman–Crippen LogP) is 3.62. The van der Waals surface area contributed by atoms with E-state index in [1.54, 1.807) is 25.3 Å². The van der Waals surface area contributed by atoms with Gasteiger partial charge in [0.2, 0.25) is 5.13 Å². The van der Waals surface area contributed by atoms with Crippen molar-refractivity contribution in [3.05, 3.63) is 36.9 Å². The number of methoxy groups -OCH3 is 1. The highest BCUT2D eigenvalue weighted by molar-refractivity contribution is 8.01. The molecule has 128 valence electrons. The summed E-state index contributed by atoms with van der Waals surface area (Å²) >= 11 is 2.84. The third kappa shape index (κ3) is 4.97. The molecule has 0 fully saturated rings. The molecule has 1 atom stereocenters. The molecule has 6 nitrogen and oxygen atoms in total. The number of rotatable bonds is 9. The summed E-state index contributed by atoms with van der Waals surface area (Å²) < 4.78 is 11.8. The summed E-state index contributed by atoms with van der Waals surface area (Å²) in [6.07, 6.45) is 1.66. The van der Waals surface area contributed by atoms with Crippen molar-refractivity contribution in [2.75, 3.05) is 18.2 Å². The van der Waals surface area contributed by atoms with Crippen LogP contribution in [0.3, 0.4) is 0 Å². The second-order valence-electron chi connectivity index (χ2n) is 4.63. The first-order chi connectivity index (χ1) is 11.7. The van der Waals surface area contributed by atoms with Crippen LogP contribution in [0, 0.1) is 0 Å². The van der Waals surface area contributed by atoms with Gasteiger partial charge in [-0.25, -0.2) is 0 Å². The van der Waals surface area contributed by atoms with E-state index in [4.69, 9.17) is 9.47 Å². The van der Waals surface area contributed by atoms with E-state index in [9.17, 15) is 4.79 Å². The molecule has 1 heterocycles. The lowest BCUT2D eigenvalue weighted by Crippen LogP contribution is -2.32. The fourth-order valence-corrected chi connectivity index (χ4v) is 3.34. The first-order valence-electron chi connectivity index (χ1n) is 7.35. The van der Waals surface area contributed by atoms with Crippen LogP contribution in [0.4, 0.5) is 5.13 Å². The van der Waals surface area contributed by atoms with Crippen molar-refractivity contribution in [3.63, 3.8) is 0 Å². The number of nitrogens with one attached hydrogen (secondary N) is 1. The normalized spacial score (nSPS) is 11.6. The number of anilines is 1. The van der Waals surface area contributed by atoms with Crippen LogP contribution in [0.15, 0.2) is 41.3 Å². The molecule has 0 saturated carbocycles. The molecule has 1 N–H and O–H groups in total. The molecule has 24 heavy (non-hydrogen) atoms. The Morgan fingerprint density at radius 1 is 1.42 bits per heavy atom. The maximum atomic E-state index is 12.4. The third-order valence-corrected chi connectivity index (χ3v) is 4.93. The summed E-state index contributed by atoms with van der Waals surface area (Å²) in [7, 11) is 1.56. The molecule has 1 amide bonds. The third-order valence-electron chi connectivity index (χ3n) is 2.96. The standard InChI is InChI=1S/C16H19N3O3S2/c1-4-10-23-16-19-18-15(24-16)17-14(20)11(5-2)22-13-9-7-6-8-12(13)21-3/h4,6-9,11H,1,5,10H2,2-3H3,(H,17,18,20). The Morgan fingerprint density at radius 3 is 2.83 bits per heavy atom. The molecule has 0 aliphatic heterocycles. The second-order valence-corrected chi connectivity index (χ2v) is 6.87. The van der Waals surface area contributed by atoms with Gasteiger partial charge in [0, 0.05) is 5.75 Å². The van der Waals surface area contributed by atoms with E-state index in [-0.39, 0.29) is 5.91 Å². The van der Waals surface area contributed by atoms with Gasteiger partial charge >= 0.3 is 0 Å². The van der Waals surface area contributed by atoms with Crippen molar-refractivity contribution in [1.29, 1.82) is 0 Å². The number of amides is 1. The van der Waals surface area contributed by atoms with E-state index in [0.717, 1.165) is 10.1 Å². The quantitative estimate of drug-likeness (QED) is 0.416. The number of benzene rings is 1. The minimum absolute atomic E-state index is 0.264. The molecular weight excluding hydrogens is 346 g/mol. The zero-order valence-electron chi connectivity index (χ0n) is 13.5. The van der Waals surface area contributed by atoms with Gasteiger partial charge in [-0.1, -0.05) is 48.2 Å². The van der Waals surface area contributed by atoms with Crippen LogP contribution in [-0.2, 0) is 4.79 Å². The number of carbonyl (C=O) groups is 1. The highest BCUT2D eigenvalue weighted by Crippen LogP contribution is 2.28. The first-order valence-corrected chi connectivity index (χ1v) is 9.15. The summed E-state index contributed by atoms with van der Waals surface area (Å²) in [5.41, 5.74) is 0. The highest BCUT2D eigenvalue weighted by Gasteiger charge is 2.21. The number of hydrogen-bond acceptors (Lipinski definition) is 7. The van der Waals surface area contributed by atoms with Crippen LogP contribution in [-0.4, -0.2) is 35.1 Å². The minimum atomic E-state index is -0.644. The van der Waals surface area contributed by atoms with Crippen LogP contribution >= 0.6 is 23.1 Å². The Bertz CT molecular complexity index is 691. The average molecular weight is 365 g/mol. The zero-order valence-corrected chi connectivity index (χ0v) is 15.2. The van der Waals surface area contributed by atoms with Gasteiger partial charge in [0.05, 0.1) is 7.11 Å². The molecule has 1 aromatic heterocycles. The monoisotopic (exact) mass is 365 g/mol.